The smallest absolute Gasteiger partial charge is 0.243 e. The predicted molar refractivity (Wildman–Crippen MR) is 204 cm³/mol. The van der Waals surface area contributed by atoms with Crippen molar-refractivity contribution in [1.82, 2.24) is 16.0 Å². The van der Waals surface area contributed by atoms with Crippen molar-refractivity contribution in [2.24, 2.45) is 0 Å². The van der Waals surface area contributed by atoms with E-state index in [9.17, 15) is 19.5 Å². The number of hydrogen-bond acceptors (Lipinski definition) is 7. The Hall–Kier alpha value is -3.05. The first kappa shape index (κ1) is 43.0. The van der Waals surface area contributed by atoms with E-state index in [2.05, 4.69) is 83.6 Å². The summed E-state index contributed by atoms with van der Waals surface area (Å²) in [5.41, 5.74) is 1.15. The molecule has 1 aromatic rings. The summed E-state index contributed by atoms with van der Waals surface area (Å²) in [5.74, 6) is 0.393. The molecular formula is C38H57N3O5S2. The molecule has 0 aliphatic carbocycles. The van der Waals surface area contributed by atoms with E-state index in [1.165, 1.54) is 21.6 Å². The van der Waals surface area contributed by atoms with Crippen LogP contribution in [-0.4, -0.2) is 71.3 Å². The van der Waals surface area contributed by atoms with E-state index in [1.807, 2.05) is 30.3 Å². The van der Waals surface area contributed by atoms with E-state index in [-0.39, 0.29) is 18.4 Å². The van der Waals surface area contributed by atoms with Crippen LogP contribution in [0.25, 0.3) is 0 Å². The molecule has 1 rings (SSSR count). The van der Waals surface area contributed by atoms with E-state index < -0.39 is 24.7 Å². The lowest BCUT2D eigenvalue weighted by molar-refractivity contribution is -0.128. The number of unbranched alkanes of at least 4 members (excludes halogenated alkanes) is 1. The molecule has 48 heavy (non-hydrogen) atoms. The molecule has 0 saturated carbocycles. The highest BCUT2D eigenvalue weighted by molar-refractivity contribution is 8.76. The standard InChI is InChI=1S/C38H57N3O5S2/c1-2-3-4-5-6-7-8-9-10-11-12-13-14-15-16-17-21-26-36(44)39-28-29-47-48-32-35(38(46)40-30-34(43)31-42)41-37(45)27-22-25-33-23-19-18-20-24-33/h3-4,6-7,9-10,12-13,15-16,18-20,23-24,34-35,42-43H,2,5,8,11,14,17,21-22,25-32H2,1H3,(H,39,44)(H,40,46)(H,41,45)/b4-3-,7-6-,10-9-,13-12-,16-15-. The minimum absolute atomic E-state index is 0.0235. The number of aliphatic hydroxyl groups excluding tert-OH is 2. The summed E-state index contributed by atoms with van der Waals surface area (Å²) in [6, 6.07) is 9.14. The first-order chi connectivity index (χ1) is 23.5. The van der Waals surface area contributed by atoms with Gasteiger partial charge in [-0.05, 0) is 63.4 Å². The Morgan fingerprint density at radius 3 is 2.00 bits per heavy atom. The minimum atomic E-state index is -1.06. The van der Waals surface area contributed by atoms with Gasteiger partial charge < -0.3 is 26.2 Å². The second kappa shape index (κ2) is 31.2. The third-order valence-corrected chi connectivity index (χ3v) is 9.26. The third-order valence-electron chi connectivity index (χ3n) is 6.84. The van der Waals surface area contributed by atoms with E-state index in [4.69, 9.17) is 5.11 Å². The lowest BCUT2D eigenvalue weighted by Crippen LogP contribution is -2.49. The van der Waals surface area contributed by atoms with E-state index in [0.717, 1.165) is 56.9 Å². The molecule has 10 heteroatoms. The largest absolute Gasteiger partial charge is 0.394 e. The number of hydrogen-bond donors (Lipinski definition) is 5. The predicted octanol–water partition coefficient (Wildman–Crippen LogP) is 6.38. The van der Waals surface area contributed by atoms with Gasteiger partial charge >= 0.3 is 0 Å². The van der Waals surface area contributed by atoms with Gasteiger partial charge in [0, 0.05) is 37.4 Å². The van der Waals surface area contributed by atoms with Crippen LogP contribution < -0.4 is 16.0 Å². The van der Waals surface area contributed by atoms with Crippen LogP contribution in [0.1, 0.15) is 76.7 Å². The molecule has 1 aromatic carbocycles. The Morgan fingerprint density at radius 1 is 0.771 bits per heavy atom. The highest BCUT2D eigenvalue weighted by Gasteiger charge is 2.21. The Morgan fingerprint density at radius 2 is 1.38 bits per heavy atom. The molecule has 266 valence electrons. The molecule has 0 spiro atoms. The van der Waals surface area contributed by atoms with Crippen LogP contribution in [0.2, 0.25) is 0 Å². The summed E-state index contributed by atoms with van der Waals surface area (Å²) in [7, 11) is 2.96. The molecule has 0 saturated heterocycles. The lowest BCUT2D eigenvalue weighted by atomic mass is 10.1. The molecule has 0 aliphatic heterocycles. The average molecular weight is 700 g/mol. The summed E-state index contributed by atoms with van der Waals surface area (Å²) >= 11 is 0. The maximum Gasteiger partial charge on any atom is 0.243 e. The van der Waals surface area contributed by atoms with Crippen molar-refractivity contribution >= 4 is 39.3 Å². The number of carbonyl (C=O) groups is 3. The van der Waals surface area contributed by atoms with Crippen molar-refractivity contribution in [2.75, 3.05) is 31.2 Å². The van der Waals surface area contributed by atoms with Crippen molar-refractivity contribution in [1.29, 1.82) is 0 Å². The van der Waals surface area contributed by atoms with Gasteiger partial charge in [0.1, 0.15) is 6.04 Å². The van der Waals surface area contributed by atoms with Crippen LogP contribution >= 0.6 is 21.6 Å². The maximum atomic E-state index is 12.7. The normalized spacial score (nSPS) is 13.2. The Balaban J connectivity index is 2.18. The van der Waals surface area contributed by atoms with Gasteiger partial charge in [0.15, 0.2) is 0 Å². The number of nitrogens with one attached hydrogen (secondary N) is 3. The number of carbonyl (C=O) groups excluding carboxylic acids is 3. The highest BCUT2D eigenvalue weighted by Crippen LogP contribution is 2.21. The van der Waals surface area contributed by atoms with Gasteiger partial charge in [0.2, 0.25) is 17.7 Å². The molecule has 0 fully saturated rings. The van der Waals surface area contributed by atoms with Gasteiger partial charge in [-0.15, -0.1) is 0 Å². The number of rotatable bonds is 28. The molecule has 2 atom stereocenters. The summed E-state index contributed by atoms with van der Waals surface area (Å²) in [5, 5.41) is 26.9. The second-order valence-corrected chi connectivity index (χ2v) is 13.7. The first-order valence-corrected chi connectivity index (χ1v) is 19.6. The number of aryl methyl sites for hydroxylation is 1. The minimum Gasteiger partial charge on any atom is -0.394 e. The fraction of sp³-hybridized carbons (Fsp3) is 0.500. The SMILES string of the molecule is CC/C=C\C/C=C\C/C=C\C/C=C\C/C=C\CCCC(=O)NCCSSCC(NC(=O)CCCc1ccccc1)C(=O)NCC(O)CO. The van der Waals surface area contributed by atoms with Crippen molar-refractivity contribution in [3.05, 3.63) is 96.7 Å². The summed E-state index contributed by atoms with van der Waals surface area (Å²) in [4.78, 5) is 37.4. The molecule has 0 aliphatic rings. The van der Waals surface area contributed by atoms with Gasteiger partial charge in [-0.2, -0.15) is 0 Å². The fourth-order valence-electron chi connectivity index (χ4n) is 4.20. The molecule has 8 nitrogen and oxygen atoms in total. The Kier molecular flexibility index (Phi) is 28.0. The van der Waals surface area contributed by atoms with Crippen LogP contribution in [-0.2, 0) is 20.8 Å². The Bertz CT molecular complexity index is 1140. The molecule has 0 bridgehead atoms. The Labute approximate surface area is 296 Å². The second-order valence-electron chi connectivity index (χ2n) is 11.1. The zero-order valence-corrected chi connectivity index (χ0v) is 30.2. The number of allylic oxidation sites excluding steroid dienone is 10. The monoisotopic (exact) mass is 699 g/mol. The van der Waals surface area contributed by atoms with Crippen molar-refractivity contribution in [3.8, 4) is 0 Å². The summed E-state index contributed by atoms with van der Waals surface area (Å²) in [6.45, 7) is 2.10. The number of amides is 3. The van der Waals surface area contributed by atoms with E-state index >= 15 is 0 Å². The van der Waals surface area contributed by atoms with Crippen LogP contribution in [0.3, 0.4) is 0 Å². The molecule has 0 radical (unpaired) electrons. The van der Waals surface area contributed by atoms with Gasteiger partial charge in [-0.1, -0.05) is 120 Å². The average Bonchev–Trinajstić information content (AvgIpc) is 3.09. The molecule has 2 unspecified atom stereocenters. The molecule has 3 amide bonds. The maximum absolute atomic E-state index is 12.7. The van der Waals surface area contributed by atoms with Gasteiger partial charge in [0.25, 0.3) is 0 Å². The first-order valence-electron chi connectivity index (χ1n) is 17.1. The van der Waals surface area contributed by atoms with Gasteiger partial charge in [-0.25, -0.2) is 0 Å². The highest BCUT2D eigenvalue weighted by atomic mass is 33.1. The molecule has 0 aromatic heterocycles. The number of benzene rings is 1. The zero-order valence-electron chi connectivity index (χ0n) is 28.6. The summed E-state index contributed by atoms with van der Waals surface area (Å²) < 4.78 is 0. The molecular weight excluding hydrogens is 643 g/mol. The van der Waals surface area contributed by atoms with Gasteiger partial charge in [0.05, 0.1) is 12.7 Å². The van der Waals surface area contributed by atoms with Crippen LogP contribution in [0.5, 0.6) is 0 Å². The fourth-order valence-corrected chi connectivity index (χ4v) is 6.27. The molecule has 5 N–H and O–H groups in total. The lowest BCUT2D eigenvalue weighted by Gasteiger charge is -2.19. The quantitative estimate of drug-likeness (QED) is 0.0390. The van der Waals surface area contributed by atoms with Crippen molar-refractivity contribution in [2.45, 2.75) is 89.7 Å². The van der Waals surface area contributed by atoms with Crippen molar-refractivity contribution < 1.29 is 24.6 Å². The van der Waals surface area contributed by atoms with Gasteiger partial charge in [-0.3, -0.25) is 14.4 Å². The van der Waals surface area contributed by atoms with Crippen LogP contribution in [0, 0.1) is 0 Å². The molecule has 0 heterocycles. The topological polar surface area (TPSA) is 128 Å². The summed E-state index contributed by atoms with van der Waals surface area (Å²) in [6.07, 6.45) is 29.4. The van der Waals surface area contributed by atoms with Crippen LogP contribution in [0.15, 0.2) is 91.1 Å². The zero-order chi connectivity index (χ0) is 34.9. The van der Waals surface area contributed by atoms with Crippen LogP contribution in [0.4, 0.5) is 0 Å². The van der Waals surface area contributed by atoms with Crippen molar-refractivity contribution in [3.63, 3.8) is 0 Å². The number of aliphatic hydroxyl groups is 2. The van der Waals surface area contributed by atoms with E-state index in [1.54, 1.807) is 0 Å². The third kappa shape index (κ3) is 26.0. The van der Waals surface area contributed by atoms with E-state index in [0.29, 0.717) is 37.3 Å².